The Labute approximate surface area is 144 Å². The molecule has 1 amide bonds. The molecule has 0 fully saturated rings. The minimum atomic E-state index is -0.214. The Morgan fingerprint density at radius 2 is 1.80 bits per heavy atom. The first-order chi connectivity index (χ1) is 12.2. The van der Waals surface area contributed by atoms with E-state index >= 15 is 0 Å². The number of nitrogens with zero attached hydrogens (tertiary/aromatic N) is 4. The molecule has 0 saturated heterocycles. The van der Waals surface area contributed by atoms with Gasteiger partial charge in [0.2, 0.25) is 0 Å². The number of pyridine rings is 2. The first kappa shape index (κ1) is 15.0. The van der Waals surface area contributed by atoms with Crippen LogP contribution in [0.3, 0.4) is 0 Å². The number of nitrogens with one attached hydrogen (secondary N) is 1. The zero-order chi connectivity index (χ0) is 17.2. The molecule has 0 unspecified atom stereocenters. The minimum absolute atomic E-state index is 0.214. The van der Waals surface area contributed by atoms with Gasteiger partial charge in [-0.3, -0.25) is 14.2 Å². The fourth-order valence-electron chi connectivity index (χ4n) is 2.69. The lowest BCUT2D eigenvalue weighted by atomic mass is 10.2. The molecule has 1 aromatic carbocycles. The molecular weight excluding hydrogens is 314 g/mol. The van der Waals surface area contributed by atoms with E-state index in [1.807, 2.05) is 60.0 Å². The van der Waals surface area contributed by atoms with Crippen LogP contribution in [-0.2, 0) is 0 Å². The molecule has 0 aliphatic carbocycles. The molecule has 25 heavy (non-hydrogen) atoms. The zero-order valence-electron chi connectivity index (χ0n) is 13.5. The van der Waals surface area contributed by atoms with Gasteiger partial charge >= 0.3 is 0 Å². The predicted octanol–water partition coefficient (Wildman–Crippen LogP) is 3.35. The monoisotopic (exact) mass is 329 g/mol. The first-order valence-electron chi connectivity index (χ1n) is 7.85. The number of hydrogen-bond donors (Lipinski definition) is 1. The average Bonchev–Trinajstić information content (AvgIpc) is 3.08. The van der Waals surface area contributed by atoms with Gasteiger partial charge in [0.05, 0.1) is 5.56 Å². The molecule has 4 rings (SSSR count). The maximum absolute atomic E-state index is 12.7. The van der Waals surface area contributed by atoms with Gasteiger partial charge in [-0.1, -0.05) is 18.2 Å². The van der Waals surface area contributed by atoms with Crippen LogP contribution in [0, 0.1) is 6.92 Å². The van der Waals surface area contributed by atoms with Crippen molar-refractivity contribution in [1.29, 1.82) is 0 Å². The molecule has 3 aromatic heterocycles. The van der Waals surface area contributed by atoms with Crippen molar-refractivity contribution < 1.29 is 4.79 Å². The molecule has 0 bridgehead atoms. The number of carbonyl (C=O) groups is 1. The van der Waals surface area contributed by atoms with Gasteiger partial charge in [-0.25, -0.2) is 0 Å². The van der Waals surface area contributed by atoms with E-state index in [0.717, 1.165) is 16.8 Å². The molecular formula is C19H15N5O. The SMILES string of the molecule is Cc1ccccc1NC(=O)c1cccn2c(-c3ccncc3)nnc12. The third kappa shape index (κ3) is 2.74. The van der Waals surface area contributed by atoms with Crippen LogP contribution in [-0.4, -0.2) is 25.5 Å². The van der Waals surface area contributed by atoms with Gasteiger partial charge in [0.25, 0.3) is 5.91 Å². The largest absolute Gasteiger partial charge is 0.322 e. The highest BCUT2D eigenvalue weighted by atomic mass is 16.1. The quantitative estimate of drug-likeness (QED) is 0.625. The van der Waals surface area contributed by atoms with Crippen LogP contribution in [0.2, 0.25) is 0 Å². The summed E-state index contributed by atoms with van der Waals surface area (Å²) in [7, 11) is 0. The van der Waals surface area contributed by atoms with Crippen molar-refractivity contribution in [2.24, 2.45) is 0 Å². The second-order valence-corrected chi connectivity index (χ2v) is 5.64. The Morgan fingerprint density at radius 1 is 1.00 bits per heavy atom. The van der Waals surface area contributed by atoms with Gasteiger partial charge in [0.15, 0.2) is 11.5 Å². The van der Waals surface area contributed by atoms with Crippen LogP contribution in [0.15, 0.2) is 67.1 Å². The van der Waals surface area contributed by atoms with E-state index in [1.165, 1.54) is 0 Å². The molecule has 0 radical (unpaired) electrons. The lowest BCUT2D eigenvalue weighted by molar-refractivity contribution is 0.102. The number of hydrogen-bond acceptors (Lipinski definition) is 4. The topological polar surface area (TPSA) is 72.2 Å². The lowest BCUT2D eigenvalue weighted by Crippen LogP contribution is -2.14. The Morgan fingerprint density at radius 3 is 2.60 bits per heavy atom. The molecule has 1 N–H and O–H groups in total. The molecule has 6 heteroatoms. The van der Waals surface area contributed by atoms with Crippen molar-refractivity contribution in [2.45, 2.75) is 6.92 Å². The fourth-order valence-corrected chi connectivity index (χ4v) is 2.69. The molecule has 0 spiro atoms. The Kier molecular flexibility index (Phi) is 3.70. The number of aromatic nitrogens is 4. The predicted molar refractivity (Wildman–Crippen MR) is 95.4 cm³/mol. The summed E-state index contributed by atoms with van der Waals surface area (Å²) in [5.74, 6) is 0.455. The molecule has 122 valence electrons. The second kappa shape index (κ2) is 6.16. The van der Waals surface area contributed by atoms with Crippen molar-refractivity contribution in [3.63, 3.8) is 0 Å². The van der Waals surface area contributed by atoms with Crippen molar-refractivity contribution in [3.05, 3.63) is 78.2 Å². The molecule has 0 atom stereocenters. The normalized spacial score (nSPS) is 10.8. The summed E-state index contributed by atoms with van der Waals surface area (Å²) in [5.41, 5.74) is 3.66. The third-order valence-corrected chi connectivity index (χ3v) is 4.01. The van der Waals surface area contributed by atoms with Gasteiger partial charge in [-0.05, 0) is 42.8 Å². The number of amides is 1. The average molecular weight is 329 g/mol. The van der Waals surface area contributed by atoms with E-state index in [9.17, 15) is 4.79 Å². The highest BCUT2D eigenvalue weighted by Gasteiger charge is 2.16. The standard InChI is InChI=1S/C19H15N5O/c1-13-5-2-3-7-16(13)21-19(25)15-6-4-12-24-17(22-23-18(15)24)14-8-10-20-11-9-14/h2-12H,1H3,(H,21,25). The molecule has 0 saturated carbocycles. The van der Waals surface area contributed by atoms with Crippen LogP contribution in [0.1, 0.15) is 15.9 Å². The zero-order valence-corrected chi connectivity index (χ0v) is 13.5. The summed E-state index contributed by atoms with van der Waals surface area (Å²) < 4.78 is 1.81. The highest BCUT2D eigenvalue weighted by Crippen LogP contribution is 2.21. The summed E-state index contributed by atoms with van der Waals surface area (Å²) >= 11 is 0. The highest BCUT2D eigenvalue weighted by molar-refractivity contribution is 6.08. The molecule has 0 aliphatic heterocycles. The van der Waals surface area contributed by atoms with Crippen LogP contribution < -0.4 is 5.32 Å². The van der Waals surface area contributed by atoms with E-state index in [2.05, 4.69) is 20.5 Å². The van der Waals surface area contributed by atoms with Gasteiger partial charge in [-0.15, -0.1) is 10.2 Å². The van der Waals surface area contributed by atoms with Crippen LogP contribution in [0.5, 0.6) is 0 Å². The van der Waals surface area contributed by atoms with Crippen molar-refractivity contribution in [2.75, 3.05) is 5.32 Å². The number of fused-ring (bicyclic) bond motifs is 1. The van der Waals surface area contributed by atoms with Crippen LogP contribution >= 0.6 is 0 Å². The van der Waals surface area contributed by atoms with E-state index in [1.54, 1.807) is 18.5 Å². The van der Waals surface area contributed by atoms with Gasteiger partial charge in [0, 0.05) is 29.8 Å². The number of carbonyl (C=O) groups excluding carboxylic acids is 1. The molecule has 0 aliphatic rings. The lowest BCUT2D eigenvalue weighted by Gasteiger charge is -2.08. The number of anilines is 1. The molecule has 4 aromatic rings. The molecule has 6 nitrogen and oxygen atoms in total. The summed E-state index contributed by atoms with van der Waals surface area (Å²) in [6, 6.07) is 14.9. The maximum Gasteiger partial charge on any atom is 0.259 e. The van der Waals surface area contributed by atoms with Gasteiger partial charge in [-0.2, -0.15) is 0 Å². The fraction of sp³-hybridized carbons (Fsp3) is 0.0526. The van der Waals surface area contributed by atoms with Crippen molar-refractivity contribution in [3.8, 4) is 11.4 Å². The summed E-state index contributed by atoms with van der Waals surface area (Å²) in [4.78, 5) is 16.7. The smallest absolute Gasteiger partial charge is 0.259 e. The number of para-hydroxylation sites is 1. The summed E-state index contributed by atoms with van der Waals surface area (Å²) in [5, 5.41) is 11.4. The number of rotatable bonds is 3. The van der Waals surface area contributed by atoms with Crippen molar-refractivity contribution in [1.82, 2.24) is 19.6 Å². The van der Waals surface area contributed by atoms with Crippen molar-refractivity contribution >= 4 is 17.2 Å². The van der Waals surface area contributed by atoms with E-state index in [0.29, 0.717) is 17.0 Å². The summed E-state index contributed by atoms with van der Waals surface area (Å²) in [6.45, 7) is 1.95. The van der Waals surface area contributed by atoms with E-state index < -0.39 is 0 Å². The van der Waals surface area contributed by atoms with Gasteiger partial charge < -0.3 is 5.32 Å². The third-order valence-electron chi connectivity index (χ3n) is 4.01. The van der Waals surface area contributed by atoms with E-state index in [-0.39, 0.29) is 5.91 Å². The first-order valence-corrected chi connectivity index (χ1v) is 7.85. The second-order valence-electron chi connectivity index (χ2n) is 5.64. The van der Waals surface area contributed by atoms with Crippen LogP contribution in [0.4, 0.5) is 5.69 Å². The maximum atomic E-state index is 12.7. The summed E-state index contributed by atoms with van der Waals surface area (Å²) in [6.07, 6.45) is 5.24. The Bertz CT molecular complexity index is 1060. The van der Waals surface area contributed by atoms with Crippen LogP contribution in [0.25, 0.3) is 17.0 Å². The number of aryl methyl sites for hydroxylation is 1. The molecule has 3 heterocycles. The minimum Gasteiger partial charge on any atom is -0.322 e. The number of benzene rings is 1. The Balaban J connectivity index is 1.75. The van der Waals surface area contributed by atoms with Gasteiger partial charge in [0.1, 0.15) is 0 Å². The Hall–Kier alpha value is -3.54. The van der Waals surface area contributed by atoms with E-state index in [4.69, 9.17) is 0 Å².